The van der Waals surface area contributed by atoms with Crippen LogP contribution in [0.15, 0.2) is 48.7 Å². The first kappa shape index (κ1) is 14.6. The number of rotatable bonds is 3. The Morgan fingerprint density at radius 1 is 1.23 bits per heavy atom. The van der Waals surface area contributed by atoms with Crippen LogP contribution < -0.4 is 0 Å². The molecule has 0 radical (unpaired) electrons. The number of pyridine rings is 1. The van der Waals surface area contributed by atoms with E-state index in [0.717, 1.165) is 16.6 Å². The number of fused-ring (bicyclic) bond motifs is 1. The number of benzene rings is 1. The van der Waals surface area contributed by atoms with Crippen molar-refractivity contribution in [2.24, 2.45) is 7.05 Å². The molecule has 5 heteroatoms. The van der Waals surface area contributed by atoms with E-state index in [2.05, 4.69) is 4.98 Å². The second-order valence-electron chi connectivity index (χ2n) is 5.22. The van der Waals surface area contributed by atoms with Crippen LogP contribution in [0.25, 0.3) is 10.9 Å². The highest BCUT2D eigenvalue weighted by atomic mass is 35.5. The van der Waals surface area contributed by atoms with E-state index in [0.29, 0.717) is 17.3 Å². The van der Waals surface area contributed by atoms with Crippen LogP contribution in [-0.2, 0) is 13.6 Å². The van der Waals surface area contributed by atoms with E-state index < -0.39 is 0 Å². The Balaban J connectivity index is 1.95. The average Bonchev–Trinajstić information content (AvgIpc) is 2.79. The van der Waals surface area contributed by atoms with Crippen LogP contribution in [0.4, 0.5) is 0 Å². The summed E-state index contributed by atoms with van der Waals surface area (Å²) in [6.45, 7) is 0.442. The molecule has 0 aliphatic heterocycles. The van der Waals surface area contributed by atoms with Gasteiger partial charge in [0.15, 0.2) is 0 Å². The van der Waals surface area contributed by atoms with Crippen molar-refractivity contribution in [2.75, 3.05) is 7.05 Å². The summed E-state index contributed by atoms with van der Waals surface area (Å²) in [5.74, 6) is -0.116. The Kier molecular flexibility index (Phi) is 3.86. The molecule has 22 heavy (non-hydrogen) atoms. The normalized spacial score (nSPS) is 10.9. The molecule has 0 saturated carbocycles. The van der Waals surface area contributed by atoms with Crippen molar-refractivity contribution in [3.05, 3.63) is 65.1 Å². The van der Waals surface area contributed by atoms with E-state index in [4.69, 9.17) is 11.6 Å². The molecule has 0 bridgehead atoms. The maximum atomic E-state index is 12.8. The van der Waals surface area contributed by atoms with E-state index in [-0.39, 0.29) is 5.91 Å². The topological polar surface area (TPSA) is 38.1 Å². The zero-order valence-electron chi connectivity index (χ0n) is 12.5. The van der Waals surface area contributed by atoms with E-state index >= 15 is 0 Å². The monoisotopic (exact) mass is 313 g/mol. The number of carbonyl (C=O) groups excluding carboxylic acids is 1. The van der Waals surface area contributed by atoms with Gasteiger partial charge in [-0.1, -0.05) is 35.9 Å². The lowest BCUT2D eigenvalue weighted by Crippen LogP contribution is -2.28. The summed E-state index contributed by atoms with van der Waals surface area (Å²) in [5.41, 5.74) is 2.29. The molecule has 0 aliphatic rings. The van der Waals surface area contributed by atoms with Gasteiger partial charge < -0.3 is 9.47 Å². The highest BCUT2D eigenvalue weighted by Crippen LogP contribution is 2.30. The Labute approximate surface area is 133 Å². The lowest BCUT2D eigenvalue weighted by Gasteiger charge is -2.17. The van der Waals surface area contributed by atoms with Crippen molar-refractivity contribution < 1.29 is 4.79 Å². The fraction of sp³-hybridized carbons (Fsp3) is 0.176. The van der Waals surface area contributed by atoms with Gasteiger partial charge in [-0.05, 0) is 18.2 Å². The second kappa shape index (κ2) is 5.81. The highest BCUT2D eigenvalue weighted by molar-refractivity contribution is 6.38. The van der Waals surface area contributed by atoms with Gasteiger partial charge in [0, 0.05) is 31.2 Å². The van der Waals surface area contributed by atoms with Crippen LogP contribution in [0.1, 0.15) is 16.2 Å². The molecule has 0 saturated heterocycles. The number of para-hydroxylation sites is 1. The molecule has 0 spiro atoms. The summed E-state index contributed by atoms with van der Waals surface area (Å²) in [7, 11) is 3.61. The number of aromatic nitrogens is 2. The number of hydrogen-bond donors (Lipinski definition) is 0. The van der Waals surface area contributed by atoms with E-state index in [9.17, 15) is 4.79 Å². The molecule has 2 aromatic heterocycles. The van der Waals surface area contributed by atoms with Gasteiger partial charge in [-0.25, -0.2) is 0 Å². The fourth-order valence-corrected chi connectivity index (χ4v) is 2.94. The van der Waals surface area contributed by atoms with E-state index in [1.807, 2.05) is 54.1 Å². The summed E-state index contributed by atoms with van der Waals surface area (Å²) >= 11 is 6.42. The van der Waals surface area contributed by atoms with Crippen LogP contribution in [0.3, 0.4) is 0 Å². The Hall–Kier alpha value is -2.33. The molecular formula is C17H16ClN3O. The third-order valence-electron chi connectivity index (χ3n) is 3.72. The molecule has 0 fully saturated rings. The molecule has 1 aromatic carbocycles. The van der Waals surface area contributed by atoms with Crippen molar-refractivity contribution >= 4 is 28.4 Å². The third kappa shape index (κ3) is 2.46. The number of halogens is 1. The van der Waals surface area contributed by atoms with E-state index in [1.165, 1.54) is 0 Å². The molecule has 112 valence electrons. The van der Waals surface area contributed by atoms with Gasteiger partial charge >= 0.3 is 0 Å². The van der Waals surface area contributed by atoms with Crippen molar-refractivity contribution in [1.29, 1.82) is 0 Å². The third-order valence-corrected chi connectivity index (χ3v) is 4.10. The first-order valence-corrected chi connectivity index (χ1v) is 7.35. The maximum Gasteiger partial charge on any atom is 0.272 e. The molecule has 3 aromatic rings. The summed E-state index contributed by atoms with van der Waals surface area (Å²) in [5, 5.41) is 1.39. The average molecular weight is 314 g/mol. The number of hydrogen-bond acceptors (Lipinski definition) is 2. The summed E-state index contributed by atoms with van der Waals surface area (Å²) in [6, 6.07) is 13.4. The van der Waals surface area contributed by atoms with Gasteiger partial charge in [-0.2, -0.15) is 0 Å². The van der Waals surface area contributed by atoms with Gasteiger partial charge in [0.2, 0.25) is 0 Å². The molecule has 0 atom stereocenters. The zero-order chi connectivity index (χ0) is 15.7. The molecule has 4 nitrogen and oxygen atoms in total. The van der Waals surface area contributed by atoms with Crippen molar-refractivity contribution in [1.82, 2.24) is 14.5 Å². The number of aryl methyl sites for hydroxylation is 1. The first-order chi connectivity index (χ1) is 10.6. The Morgan fingerprint density at radius 2 is 1.95 bits per heavy atom. The minimum absolute atomic E-state index is 0.116. The van der Waals surface area contributed by atoms with Crippen molar-refractivity contribution in [3.8, 4) is 0 Å². The molecule has 1 amide bonds. The second-order valence-corrected chi connectivity index (χ2v) is 5.60. The van der Waals surface area contributed by atoms with Gasteiger partial charge in [0.25, 0.3) is 5.91 Å². The SMILES string of the molecule is CN(Cc1ccccn1)C(=O)c1c(Cl)c2ccccc2n1C. The lowest BCUT2D eigenvalue weighted by atomic mass is 10.2. The van der Waals surface area contributed by atoms with Gasteiger partial charge in [-0.3, -0.25) is 9.78 Å². The van der Waals surface area contributed by atoms with Crippen LogP contribution in [0.5, 0.6) is 0 Å². The van der Waals surface area contributed by atoms with E-state index in [1.54, 1.807) is 18.1 Å². The van der Waals surface area contributed by atoms with Gasteiger partial charge in [-0.15, -0.1) is 0 Å². The molecule has 3 rings (SSSR count). The summed E-state index contributed by atoms with van der Waals surface area (Å²) in [4.78, 5) is 18.6. The molecule has 0 aliphatic carbocycles. The van der Waals surface area contributed by atoms with Crippen LogP contribution in [-0.4, -0.2) is 27.4 Å². The summed E-state index contributed by atoms with van der Waals surface area (Å²) in [6.07, 6.45) is 1.72. The number of nitrogens with zero attached hydrogens (tertiary/aromatic N) is 3. The fourth-order valence-electron chi connectivity index (χ4n) is 2.57. The van der Waals surface area contributed by atoms with Crippen LogP contribution >= 0.6 is 11.6 Å². The lowest BCUT2D eigenvalue weighted by molar-refractivity contribution is 0.0774. The van der Waals surface area contributed by atoms with Crippen LogP contribution in [0, 0.1) is 0 Å². The Bertz CT molecular complexity index is 788. The molecular weight excluding hydrogens is 298 g/mol. The summed E-state index contributed by atoms with van der Waals surface area (Å²) < 4.78 is 1.84. The van der Waals surface area contributed by atoms with Crippen molar-refractivity contribution in [3.63, 3.8) is 0 Å². The quantitative estimate of drug-likeness (QED) is 0.742. The molecule has 0 N–H and O–H groups in total. The predicted octanol–water partition coefficient (Wildman–Crippen LogP) is 3.50. The number of carbonyl (C=O) groups is 1. The van der Waals surface area contributed by atoms with Gasteiger partial charge in [0.1, 0.15) is 5.69 Å². The zero-order valence-corrected chi connectivity index (χ0v) is 13.2. The maximum absolute atomic E-state index is 12.8. The first-order valence-electron chi connectivity index (χ1n) is 6.98. The number of amides is 1. The van der Waals surface area contributed by atoms with Crippen LogP contribution in [0.2, 0.25) is 5.02 Å². The predicted molar refractivity (Wildman–Crippen MR) is 88.0 cm³/mol. The molecule has 0 unspecified atom stereocenters. The minimum atomic E-state index is -0.116. The van der Waals surface area contributed by atoms with Crippen molar-refractivity contribution in [2.45, 2.75) is 6.54 Å². The highest BCUT2D eigenvalue weighted by Gasteiger charge is 2.22. The largest absolute Gasteiger partial charge is 0.338 e. The standard InChI is InChI=1S/C17H16ClN3O/c1-20(11-12-7-5-6-10-19-12)17(22)16-15(18)13-8-3-4-9-14(13)21(16)2/h3-10H,11H2,1-2H3. The smallest absolute Gasteiger partial charge is 0.272 e. The van der Waals surface area contributed by atoms with Gasteiger partial charge in [0.05, 0.1) is 17.3 Å². The Morgan fingerprint density at radius 3 is 2.64 bits per heavy atom. The minimum Gasteiger partial charge on any atom is -0.338 e. The molecule has 2 heterocycles.